The van der Waals surface area contributed by atoms with Gasteiger partial charge in [-0.3, -0.25) is 14.9 Å². The predicted octanol–water partition coefficient (Wildman–Crippen LogP) is 3.75. The van der Waals surface area contributed by atoms with Gasteiger partial charge in [0.15, 0.2) is 5.16 Å². The van der Waals surface area contributed by atoms with Crippen LogP contribution in [0.25, 0.3) is 0 Å². The number of nitrogens with zero attached hydrogens (tertiary/aromatic N) is 4. The highest BCUT2D eigenvalue weighted by molar-refractivity contribution is 8.00. The molecule has 11 heteroatoms. The van der Waals surface area contributed by atoms with Crippen molar-refractivity contribution < 1.29 is 14.1 Å². The maximum absolute atomic E-state index is 13.4. The van der Waals surface area contributed by atoms with Crippen LogP contribution < -0.4 is 5.32 Å². The normalized spacial score (nSPS) is 11.9. The van der Waals surface area contributed by atoms with Gasteiger partial charge in [0.2, 0.25) is 11.7 Å². The monoisotopic (exact) mass is 421 g/mol. The molecule has 1 unspecified atom stereocenters. The van der Waals surface area contributed by atoms with E-state index >= 15 is 0 Å². The van der Waals surface area contributed by atoms with Crippen molar-refractivity contribution >= 4 is 40.4 Å². The molecule has 1 aromatic carbocycles. The van der Waals surface area contributed by atoms with Gasteiger partial charge in [0.05, 0.1) is 10.2 Å². The second kappa shape index (κ2) is 8.93. The van der Waals surface area contributed by atoms with Crippen LogP contribution in [0.4, 0.5) is 15.8 Å². The van der Waals surface area contributed by atoms with E-state index in [-0.39, 0.29) is 11.6 Å². The Morgan fingerprint density at radius 3 is 3.00 bits per heavy atom. The fraction of sp³-hybridized carbons (Fsp3) is 0.235. The molecule has 2 aromatic heterocycles. The lowest BCUT2D eigenvalue weighted by Gasteiger charge is -2.12. The molecular formula is C17H16FN5O3S2. The summed E-state index contributed by atoms with van der Waals surface area (Å²) in [5.41, 5.74) is -0.531. The van der Waals surface area contributed by atoms with Gasteiger partial charge >= 0.3 is 5.69 Å². The van der Waals surface area contributed by atoms with Crippen LogP contribution in [0.15, 0.2) is 47.2 Å². The summed E-state index contributed by atoms with van der Waals surface area (Å²) in [6, 6.07) is 7.27. The third-order valence-corrected chi connectivity index (χ3v) is 5.85. The van der Waals surface area contributed by atoms with E-state index in [9.17, 15) is 19.3 Å². The average molecular weight is 421 g/mol. The number of nitrogens with one attached hydrogen (secondary N) is 1. The Morgan fingerprint density at radius 2 is 2.29 bits per heavy atom. The molecular weight excluding hydrogens is 405 g/mol. The van der Waals surface area contributed by atoms with Gasteiger partial charge in [-0.05, 0) is 36.9 Å². The Morgan fingerprint density at radius 1 is 1.46 bits per heavy atom. The zero-order chi connectivity index (χ0) is 20.1. The van der Waals surface area contributed by atoms with E-state index in [0.717, 1.165) is 18.6 Å². The summed E-state index contributed by atoms with van der Waals surface area (Å²) in [7, 11) is 0. The molecule has 8 nitrogen and oxygen atoms in total. The second-order valence-corrected chi connectivity index (χ2v) is 8.15. The Bertz CT molecular complexity index is 977. The van der Waals surface area contributed by atoms with Gasteiger partial charge in [-0.25, -0.2) is 0 Å². The number of rotatable bonds is 8. The van der Waals surface area contributed by atoms with Crippen LogP contribution in [-0.4, -0.2) is 30.8 Å². The topological polar surface area (TPSA) is 103 Å². The lowest BCUT2D eigenvalue weighted by atomic mass is 10.2. The van der Waals surface area contributed by atoms with Crippen molar-refractivity contribution in [2.75, 3.05) is 5.32 Å². The van der Waals surface area contributed by atoms with Gasteiger partial charge < -0.3 is 9.88 Å². The molecule has 0 aliphatic carbocycles. The number of aromatic nitrogens is 3. The maximum atomic E-state index is 13.4. The van der Waals surface area contributed by atoms with Crippen molar-refractivity contribution in [2.24, 2.45) is 0 Å². The number of nitro groups is 1. The Hall–Kier alpha value is -2.79. The van der Waals surface area contributed by atoms with Gasteiger partial charge in [0, 0.05) is 23.2 Å². The average Bonchev–Trinajstić information content (AvgIpc) is 3.33. The second-order valence-electron chi connectivity index (χ2n) is 5.81. The molecule has 0 fully saturated rings. The predicted molar refractivity (Wildman–Crippen MR) is 105 cm³/mol. The SMILES string of the molecule is CC(Sc1nncn1CCc1cccs1)C(=O)Nc1ccc(F)c([N+](=O)[O-])c1. The number of halogens is 1. The smallest absolute Gasteiger partial charge is 0.306 e. The first-order chi connectivity index (χ1) is 13.4. The summed E-state index contributed by atoms with van der Waals surface area (Å²) in [6.45, 7) is 2.38. The molecule has 0 aliphatic rings. The van der Waals surface area contributed by atoms with Gasteiger partial charge in [-0.2, -0.15) is 4.39 Å². The number of anilines is 1. The van der Waals surface area contributed by atoms with Crippen molar-refractivity contribution in [2.45, 2.75) is 30.3 Å². The summed E-state index contributed by atoms with van der Waals surface area (Å²) in [5, 5.41) is 23.4. The third kappa shape index (κ3) is 4.93. The van der Waals surface area contributed by atoms with Crippen molar-refractivity contribution in [3.05, 3.63) is 62.8 Å². The van der Waals surface area contributed by atoms with Crippen LogP contribution in [0.2, 0.25) is 0 Å². The molecule has 0 saturated heterocycles. The maximum Gasteiger partial charge on any atom is 0.306 e. The van der Waals surface area contributed by atoms with Gasteiger partial charge in [-0.15, -0.1) is 21.5 Å². The summed E-state index contributed by atoms with van der Waals surface area (Å²) < 4.78 is 15.3. The minimum absolute atomic E-state index is 0.157. The Balaban J connectivity index is 1.61. The highest BCUT2D eigenvalue weighted by Crippen LogP contribution is 2.25. The molecule has 0 aliphatic heterocycles. The molecule has 1 amide bonds. The molecule has 146 valence electrons. The van der Waals surface area contributed by atoms with Crippen LogP contribution >= 0.6 is 23.1 Å². The van der Waals surface area contributed by atoms with Crippen LogP contribution in [-0.2, 0) is 17.8 Å². The fourth-order valence-electron chi connectivity index (χ4n) is 2.36. The highest BCUT2D eigenvalue weighted by atomic mass is 32.2. The molecule has 1 N–H and O–H groups in total. The van der Waals surface area contributed by atoms with Crippen molar-refractivity contribution in [3.63, 3.8) is 0 Å². The van der Waals surface area contributed by atoms with Crippen molar-refractivity contribution in [3.8, 4) is 0 Å². The number of carbonyl (C=O) groups is 1. The quantitative estimate of drug-likeness (QED) is 0.338. The van der Waals surface area contributed by atoms with Gasteiger partial charge in [0.1, 0.15) is 6.33 Å². The number of thiophene rings is 1. The summed E-state index contributed by atoms with van der Waals surface area (Å²) >= 11 is 2.90. The number of nitro benzene ring substituents is 1. The molecule has 0 spiro atoms. The van der Waals surface area contributed by atoms with E-state index in [2.05, 4.69) is 21.6 Å². The van der Waals surface area contributed by atoms with Gasteiger partial charge in [-0.1, -0.05) is 17.8 Å². The molecule has 3 aromatic rings. The molecule has 2 heterocycles. The standard InChI is InChI=1S/C17H16FN5O3S2/c1-11(16(24)20-12-4-5-14(18)15(9-12)23(25)26)28-17-21-19-10-22(17)7-6-13-3-2-8-27-13/h2-5,8-11H,6-7H2,1H3,(H,20,24). The minimum atomic E-state index is -0.954. The van der Waals surface area contributed by atoms with Crippen LogP contribution in [0.5, 0.6) is 0 Å². The molecule has 0 radical (unpaired) electrons. The Kier molecular flexibility index (Phi) is 6.37. The lowest BCUT2D eigenvalue weighted by Crippen LogP contribution is -2.23. The minimum Gasteiger partial charge on any atom is -0.325 e. The number of benzene rings is 1. The largest absolute Gasteiger partial charge is 0.325 e. The van der Waals surface area contributed by atoms with E-state index in [1.165, 1.54) is 22.7 Å². The zero-order valence-corrected chi connectivity index (χ0v) is 16.4. The molecule has 0 saturated carbocycles. The number of carbonyl (C=O) groups excluding carboxylic acids is 1. The highest BCUT2D eigenvalue weighted by Gasteiger charge is 2.20. The van der Waals surface area contributed by atoms with E-state index in [1.807, 2.05) is 16.0 Å². The van der Waals surface area contributed by atoms with E-state index in [1.54, 1.807) is 24.6 Å². The number of aryl methyl sites for hydroxylation is 2. The fourth-order valence-corrected chi connectivity index (χ4v) is 3.91. The summed E-state index contributed by atoms with van der Waals surface area (Å²) in [5.74, 6) is -1.33. The zero-order valence-electron chi connectivity index (χ0n) is 14.7. The van der Waals surface area contributed by atoms with Crippen molar-refractivity contribution in [1.29, 1.82) is 0 Å². The van der Waals surface area contributed by atoms with E-state index in [4.69, 9.17) is 0 Å². The number of hydrogen-bond acceptors (Lipinski definition) is 7. The number of amides is 1. The number of thioether (sulfide) groups is 1. The van der Waals surface area contributed by atoms with E-state index < -0.39 is 21.7 Å². The van der Waals surface area contributed by atoms with E-state index in [0.29, 0.717) is 11.7 Å². The molecule has 3 rings (SSSR count). The summed E-state index contributed by atoms with van der Waals surface area (Å²) in [6.07, 6.45) is 2.45. The van der Waals surface area contributed by atoms with Crippen LogP contribution in [0.3, 0.4) is 0 Å². The lowest BCUT2D eigenvalue weighted by molar-refractivity contribution is -0.387. The van der Waals surface area contributed by atoms with Crippen molar-refractivity contribution in [1.82, 2.24) is 14.8 Å². The van der Waals surface area contributed by atoms with Crippen LogP contribution in [0, 0.1) is 15.9 Å². The first kappa shape index (κ1) is 20.0. The first-order valence-corrected chi connectivity index (χ1v) is 10.0. The van der Waals surface area contributed by atoms with Crippen LogP contribution in [0.1, 0.15) is 11.8 Å². The Labute approximate surface area is 167 Å². The van der Waals surface area contributed by atoms with Gasteiger partial charge in [0.25, 0.3) is 0 Å². The molecule has 28 heavy (non-hydrogen) atoms. The third-order valence-electron chi connectivity index (χ3n) is 3.82. The first-order valence-electron chi connectivity index (χ1n) is 8.25. The number of hydrogen-bond donors (Lipinski definition) is 1. The summed E-state index contributed by atoms with van der Waals surface area (Å²) in [4.78, 5) is 23.6. The molecule has 0 bridgehead atoms. The molecule has 1 atom stereocenters.